The molecule has 0 saturated heterocycles. The zero-order valence-corrected chi connectivity index (χ0v) is 78.8. The Hall–Kier alpha value is -13.0. The van der Waals surface area contributed by atoms with Crippen molar-refractivity contribution in [1.82, 2.24) is 19.7 Å². The average molecular weight is 2190 g/mol. The van der Waals surface area contributed by atoms with Gasteiger partial charge in [-0.25, -0.2) is 0 Å². The van der Waals surface area contributed by atoms with E-state index in [-0.39, 0.29) is 60.3 Å². The maximum Gasteiger partial charge on any atom is 3.00 e. The molecule has 0 unspecified atom stereocenters. The molecule has 0 fully saturated rings. The van der Waals surface area contributed by atoms with Gasteiger partial charge < -0.3 is 43.6 Å². The minimum Gasteiger partial charge on any atom is -0.510 e. The summed E-state index contributed by atoms with van der Waals surface area (Å²) in [5.74, 6) is 0. The van der Waals surface area contributed by atoms with E-state index >= 15 is 0 Å². The summed E-state index contributed by atoms with van der Waals surface area (Å²) in [6, 6.07) is 135. The van der Waals surface area contributed by atoms with Gasteiger partial charge in [-0.05, 0) is 151 Å². The minimum absolute atomic E-state index is 0. The maximum absolute atomic E-state index is 5.99. The molecular formula is C110H89Ir3N11OS-4. The van der Waals surface area contributed by atoms with Crippen LogP contribution in [0.25, 0.3) is 93.8 Å². The van der Waals surface area contributed by atoms with Crippen molar-refractivity contribution in [3.05, 3.63) is 455 Å². The number of furan rings is 1. The first-order valence-electron chi connectivity index (χ1n) is 40.8. The van der Waals surface area contributed by atoms with Crippen molar-refractivity contribution in [3.63, 3.8) is 0 Å². The minimum atomic E-state index is 0. The largest absolute Gasteiger partial charge is 3.00 e. The fraction of sp³-hybridized carbons (Fsp3) is 0.0727. The first kappa shape index (κ1) is 89.3. The van der Waals surface area contributed by atoms with Crippen LogP contribution < -0.4 is 34.3 Å². The molecule has 18 aromatic rings. The fourth-order valence-corrected chi connectivity index (χ4v) is 16.5. The van der Waals surface area contributed by atoms with E-state index < -0.39 is 0 Å². The van der Waals surface area contributed by atoms with Crippen molar-refractivity contribution in [3.8, 4) is 71.9 Å². The molecule has 0 spiro atoms. The van der Waals surface area contributed by atoms with Crippen molar-refractivity contribution < 1.29 is 64.7 Å². The second kappa shape index (κ2) is 41.7. The van der Waals surface area contributed by atoms with Crippen molar-refractivity contribution in [1.29, 1.82) is 0 Å². The van der Waals surface area contributed by atoms with Crippen LogP contribution in [-0.4, -0.2) is 47.9 Å². The monoisotopic (exact) mass is 2190 g/mol. The molecule has 22 rings (SSSR count). The molecule has 16 heteroatoms. The Balaban J connectivity index is 0.000000127. The molecule has 15 aromatic carbocycles. The summed E-state index contributed by atoms with van der Waals surface area (Å²) in [4.78, 5) is 21.2. The van der Waals surface area contributed by atoms with Crippen molar-refractivity contribution >= 4 is 90.1 Å². The number of anilines is 10. The third-order valence-electron chi connectivity index (χ3n) is 21.7. The number of aryl methyl sites for hydroxylation is 4. The molecule has 1 radical (unpaired) electrons. The van der Waals surface area contributed by atoms with E-state index in [9.17, 15) is 0 Å². The van der Waals surface area contributed by atoms with E-state index in [1.165, 1.54) is 101 Å². The van der Waals surface area contributed by atoms with Gasteiger partial charge >= 0.3 is 40.2 Å². The third kappa shape index (κ3) is 20.3. The summed E-state index contributed by atoms with van der Waals surface area (Å²) in [7, 11) is 8.22. The second-order valence-electron chi connectivity index (χ2n) is 30.2. The molecule has 12 nitrogen and oxygen atoms in total. The van der Waals surface area contributed by atoms with Gasteiger partial charge in [-0.2, -0.15) is 152 Å². The standard InChI is InChI=1S/2C28H24N2.C22H16N2O.C14H12N2.C9H7N2.C9H6NS.3Ir/c2*1-20-17-24(22-9-5-4-6-10-22)18-21(2)28(20)23-13-15-25(16-14-23)30-19-29(3)26-11-7-8-12-27(26)30;1-23-12-13-24(15-23)18-9-6-16(7-10-18)17-8-11-20-19-4-2-3-5-21(19)25-22(20)14-17;1-15-11-16(12-7-3-2-4-8-12)14-10-6-5-9-13(14)15;1-2-5-9(6-3-1)11-8-4-7-10-11;1-2-4-8(5-3-1)9-10-6-7-11-9;;;/h2*4-15,17-19H,1-3H3;2-9,11-15H,1H3;2-7,9-11H,1H3;1-5,7-8H;1-4,6-7H;;;/q4*-2;2*-1;;2*+3. The van der Waals surface area contributed by atoms with Gasteiger partial charge in [0.25, 0.3) is 0 Å². The van der Waals surface area contributed by atoms with Gasteiger partial charge in [0.2, 0.25) is 0 Å². The molecule has 7 heterocycles. The Morgan fingerprint density at radius 1 is 0.333 bits per heavy atom. The summed E-state index contributed by atoms with van der Waals surface area (Å²) < 4.78 is 7.77. The topological polar surface area (TPSA) is 69.8 Å². The molecule has 126 heavy (non-hydrogen) atoms. The SMILES string of the molecule is CN1C=CN(c2[c-]cc(-c3ccc4c(c3)oc3ccccc34)cc2)[CH-]1.CN1[CH-]N(c2[c-]cccc2)c2ccccc21.Cc1cc(-c2ccccc2)cc(C)c1-c1c[c-]c(N2[CH-]N(C)c3ccccc32)cc1.Cc1cc(-c2ccccc2)cc(C)c1-c1c[c-]c(N2[CH-]N(C)c3ccccc32)cc1.[Ir+3].[Ir+3].[Ir].[c-]1ccccc1-c1nccs1.[c-]1ccccc1-n1cccn1. The third-order valence-corrected chi connectivity index (χ3v) is 22.5. The van der Waals surface area contributed by atoms with Gasteiger partial charge in [0.1, 0.15) is 11.2 Å². The number of hydrogen-bond donors (Lipinski definition) is 0. The molecule has 4 aliphatic heterocycles. The number of benzene rings is 15. The number of nitrogens with zero attached hydrogens (tertiary/aromatic N) is 11. The van der Waals surface area contributed by atoms with E-state index in [0.29, 0.717) is 0 Å². The van der Waals surface area contributed by atoms with Crippen LogP contribution in [0.5, 0.6) is 0 Å². The van der Waals surface area contributed by atoms with Crippen LogP contribution >= 0.6 is 11.3 Å². The van der Waals surface area contributed by atoms with Crippen LogP contribution in [0.4, 0.5) is 56.9 Å². The van der Waals surface area contributed by atoms with E-state index in [1.807, 2.05) is 145 Å². The molecule has 0 atom stereocenters. The molecule has 0 amide bonds. The second-order valence-corrected chi connectivity index (χ2v) is 31.1. The predicted molar refractivity (Wildman–Crippen MR) is 511 cm³/mol. The van der Waals surface area contributed by atoms with E-state index in [4.69, 9.17) is 4.42 Å². The smallest absolute Gasteiger partial charge is 0.510 e. The van der Waals surface area contributed by atoms with E-state index in [2.05, 4.69) is 381 Å². The van der Waals surface area contributed by atoms with Gasteiger partial charge in [-0.3, -0.25) is 9.67 Å². The number of thiazole rings is 1. The van der Waals surface area contributed by atoms with Crippen molar-refractivity contribution in [2.75, 3.05) is 62.5 Å². The predicted octanol–water partition coefficient (Wildman–Crippen LogP) is 27.2. The van der Waals surface area contributed by atoms with Crippen LogP contribution in [0.15, 0.2) is 374 Å². The van der Waals surface area contributed by atoms with Gasteiger partial charge in [0.15, 0.2) is 0 Å². The Kier molecular flexibility index (Phi) is 29.5. The van der Waals surface area contributed by atoms with Gasteiger partial charge in [0, 0.05) is 94.0 Å². The van der Waals surface area contributed by atoms with Crippen LogP contribution in [0, 0.1) is 90.8 Å². The molecule has 627 valence electrons. The van der Waals surface area contributed by atoms with Gasteiger partial charge in [-0.1, -0.05) is 191 Å². The molecule has 0 aliphatic carbocycles. The van der Waals surface area contributed by atoms with Gasteiger partial charge in [0.05, 0.1) is 0 Å². The molecule has 0 saturated carbocycles. The first-order valence-corrected chi connectivity index (χ1v) is 41.7. The van der Waals surface area contributed by atoms with Crippen LogP contribution in [0.3, 0.4) is 0 Å². The number of fused-ring (bicyclic) bond motifs is 6. The van der Waals surface area contributed by atoms with E-state index in [1.54, 1.807) is 28.4 Å². The zero-order chi connectivity index (χ0) is 84.1. The summed E-state index contributed by atoms with van der Waals surface area (Å²) in [6.45, 7) is 17.1. The molecule has 0 N–H and O–H groups in total. The summed E-state index contributed by atoms with van der Waals surface area (Å²) in [5.41, 5.74) is 32.7. The number of para-hydroxylation sites is 9. The Bertz CT molecular complexity index is 6280. The molecular weight excluding hydrogens is 2100 g/mol. The Labute approximate surface area is 785 Å². The quantitative estimate of drug-likeness (QED) is 0.116. The van der Waals surface area contributed by atoms with Crippen LogP contribution in [0.2, 0.25) is 0 Å². The zero-order valence-electron chi connectivity index (χ0n) is 70.8. The summed E-state index contributed by atoms with van der Waals surface area (Å²) in [5, 5.41) is 9.38. The van der Waals surface area contributed by atoms with Crippen LogP contribution in [0.1, 0.15) is 22.3 Å². The Morgan fingerprint density at radius 2 is 0.762 bits per heavy atom. The summed E-state index contributed by atoms with van der Waals surface area (Å²) >= 11 is 1.63. The normalized spacial score (nSPS) is 12.4. The fourth-order valence-electron chi connectivity index (χ4n) is 15.9. The number of hydrogen-bond acceptors (Lipinski definition) is 12. The molecule has 4 aliphatic rings. The van der Waals surface area contributed by atoms with E-state index in [0.717, 1.165) is 72.1 Å². The number of rotatable bonds is 11. The van der Waals surface area contributed by atoms with Crippen LogP contribution in [-0.2, 0) is 60.3 Å². The Morgan fingerprint density at radius 3 is 1.20 bits per heavy atom. The first-order chi connectivity index (χ1) is 60.3. The van der Waals surface area contributed by atoms with Crippen molar-refractivity contribution in [2.45, 2.75) is 27.7 Å². The van der Waals surface area contributed by atoms with Crippen molar-refractivity contribution in [2.24, 2.45) is 0 Å². The molecule has 0 bridgehead atoms. The average Bonchev–Trinajstić information content (AvgIpc) is 1.58. The maximum atomic E-state index is 5.99. The number of aromatic nitrogens is 3. The van der Waals surface area contributed by atoms with Gasteiger partial charge in [-0.15, -0.1) is 99.6 Å². The molecule has 3 aromatic heterocycles. The summed E-state index contributed by atoms with van der Waals surface area (Å²) in [6.07, 6.45) is 9.48.